The molecule has 2 fully saturated rings. The van der Waals surface area contributed by atoms with Crippen molar-refractivity contribution in [3.63, 3.8) is 0 Å². The summed E-state index contributed by atoms with van der Waals surface area (Å²) in [5, 5.41) is 3.62. The Hall–Kier alpha value is -0.500. The lowest BCUT2D eigenvalue weighted by Gasteiger charge is -2.22. The Morgan fingerprint density at radius 3 is 2.82 bits per heavy atom. The highest BCUT2D eigenvalue weighted by Gasteiger charge is 2.38. The number of anilines is 1. The molecule has 0 heterocycles. The van der Waals surface area contributed by atoms with Gasteiger partial charge in [-0.2, -0.15) is 0 Å². The van der Waals surface area contributed by atoms with Crippen LogP contribution in [0.15, 0.2) is 22.7 Å². The van der Waals surface area contributed by atoms with Crippen LogP contribution in [0.3, 0.4) is 0 Å². The number of nitrogens with one attached hydrogen (secondary N) is 1. The number of benzene rings is 1. The summed E-state index contributed by atoms with van der Waals surface area (Å²) in [4.78, 5) is 0. The zero-order valence-corrected chi connectivity index (χ0v) is 12.0. The normalized spacial score (nSPS) is 30.8. The third-order valence-electron chi connectivity index (χ3n) is 4.56. The molecule has 1 aromatic rings. The highest BCUT2D eigenvalue weighted by atomic mass is 79.9. The van der Waals surface area contributed by atoms with Crippen LogP contribution in [-0.2, 0) is 0 Å². The topological polar surface area (TPSA) is 12.0 Å². The summed E-state index contributed by atoms with van der Waals surface area (Å²) < 4.78 is 1.20. The van der Waals surface area contributed by atoms with E-state index in [2.05, 4.69) is 46.4 Å². The largest absolute Gasteiger partial charge is 0.384 e. The van der Waals surface area contributed by atoms with Crippen molar-refractivity contribution in [3.8, 4) is 0 Å². The maximum Gasteiger partial charge on any atom is 0.0484 e. The second kappa shape index (κ2) is 4.64. The fourth-order valence-electron chi connectivity index (χ4n) is 3.63. The monoisotopic (exact) mass is 293 g/mol. The minimum absolute atomic E-state index is 0.918. The molecule has 1 nitrogen and oxygen atoms in total. The molecule has 0 amide bonds. The molecule has 0 radical (unpaired) electrons. The van der Waals surface area contributed by atoms with Crippen LogP contribution in [0, 0.1) is 24.7 Å². The number of aryl methyl sites for hydroxylation is 1. The van der Waals surface area contributed by atoms with Crippen LogP contribution in [0.5, 0.6) is 0 Å². The van der Waals surface area contributed by atoms with E-state index in [1.54, 1.807) is 0 Å². The molecule has 0 aliphatic heterocycles. The van der Waals surface area contributed by atoms with Gasteiger partial charge in [-0.15, -0.1) is 0 Å². The average Bonchev–Trinajstić information content (AvgIpc) is 2.89. The Bertz CT molecular complexity index is 415. The zero-order chi connectivity index (χ0) is 11.8. The molecular weight excluding hydrogens is 274 g/mol. The minimum Gasteiger partial charge on any atom is -0.384 e. The molecular formula is C15H20BrN. The van der Waals surface area contributed by atoms with Crippen molar-refractivity contribution in [1.29, 1.82) is 0 Å². The number of fused-ring (bicyclic) bond motifs is 2. The van der Waals surface area contributed by atoms with Gasteiger partial charge in [-0.1, -0.05) is 12.5 Å². The SMILES string of the molecule is Cc1ccc(NCC2CC3CCC2C3)c(Br)c1. The van der Waals surface area contributed by atoms with Crippen LogP contribution in [0.25, 0.3) is 0 Å². The molecule has 2 bridgehead atoms. The van der Waals surface area contributed by atoms with E-state index in [1.165, 1.54) is 41.4 Å². The van der Waals surface area contributed by atoms with Crippen LogP contribution < -0.4 is 5.32 Å². The maximum atomic E-state index is 3.64. The van der Waals surface area contributed by atoms with E-state index in [-0.39, 0.29) is 0 Å². The summed E-state index contributed by atoms with van der Waals surface area (Å²) in [6, 6.07) is 6.55. The van der Waals surface area contributed by atoms with Gasteiger partial charge in [-0.25, -0.2) is 0 Å². The summed E-state index contributed by atoms with van der Waals surface area (Å²) >= 11 is 3.64. The van der Waals surface area contributed by atoms with Crippen molar-refractivity contribution in [1.82, 2.24) is 0 Å². The first kappa shape index (κ1) is 11.6. The number of hydrogen-bond donors (Lipinski definition) is 1. The molecule has 3 atom stereocenters. The average molecular weight is 294 g/mol. The van der Waals surface area contributed by atoms with Crippen molar-refractivity contribution >= 4 is 21.6 Å². The summed E-state index contributed by atoms with van der Waals surface area (Å²) in [5.41, 5.74) is 2.56. The molecule has 92 valence electrons. The van der Waals surface area contributed by atoms with Crippen LogP contribution in [0.4, 0.5) is 5.69 Å². The Morgan fingerprint density at radius 2 is 2.18 bits per heavy atom. The van der Waals surface area contributed by atoms with E-state index in [0.717, 1.165) is 24.3 Å². The molecule has 2 aliphatic carbocycles. The molecule has 2 aliphatic rings. The van der Waals surface area contributed by atoms with Crippen LogP contribution in [-0.4, -0.2) is 6.54 Å². The van der Waals surface area contributed by atoms with Gasteiger partial charge in [0.2, 0.25) is 0 Å². The molecule has 1 N–H and O–H groups in total. The predicted molar refractivity (Wildman–Crippen MR) is 76.3 cm³/mol. The van der Waals surface area contributed by atoms with Gasteiger partial charge >= 0.3 is 0 Å². The second-order valence-electron chi connectivity index (χ2n) is 5.80. The third-order valence-corrected chi connectivity index (χ3v) is 5.22. The summed E-state index contributed by atoms with van der Waals surface area (Å²) in [5.74, 6) is 2.98. The fourth-order valence-corrected chi connectivity index (χ4v) is 4.26. The Kier molecular flexibility index (Phi) is 3.16. The van der Waals surface area contributed by atoms with E-state index < -0.39 is 0 Å². The summed E-state index contributed by atoms with van der Waals surface area (Å²) in [6.07, 6.45) is 5.93. The first-order chi connectivity index (χ1) is 8.22. The van der Waals surface area contributed by atoms with E-state index in [4.69, 9.17) is 0 Å². The smallest absolute Gasteiger partial charge is 0.0484 e. The lowest BCUT2D eigenvalue weighted by atomic mass is 9.89. The van der Waals surface area contributed by atoms with Gasteiger partial charge in [0, 0.05) is 16.7 Å². The molecule has 17 heavy (non-hydrogen) atoms. The van der Waals surface area contributed by atoms with Crippen LogP contribution in [0.1, 0.15) is 31.2 Å². The molecule has 3 unspecified atom stereocenters. The van der Waals surface area contributed by atoms with Crippen molar-refractivity contribution in [2.45, 2.75) is 32.6 Å². The second-order valence-corrected chi connectivity index (χ2v) is 6.65. The van der Waals surface area contributed by atoms with Crippen molar-refractivity contribution in [3.05, 3.63) is 28.2 Å². The first-order valence-corrected chi connectivity index (χ1v) is 7.51. The molecule has 0 spiro atoms. The predicted octanol–water partition coefficient (Wildman–Crippen LogP) is 4.61. The number of hydrogen-bond acceptors (Lipinski definition) is 1. The van der Waals surface area contributed by atoms with Gasteiger partial charge in [-0.05, 0) is 77.6 Å². The minimum atomic E-state index is 0.918. The third kappa shape index (κ3) is 2.37. The zero-order valence-electron chi connectivity index (χ0n) is 10.4. The summed E-state index contributed by atoms with van der Waals surface area (Å²) in [7, 11) is 0. The van der Waals surface area contributed by atoms with E-state index in [9.17, 15) is 0 Å². The lowest BCUT2D eigenvalue weighted by Crippen LogP contribution is -2.20. The fraction of sp³-hybridized carbons (Fsp3) is 0.600. The molecule has 2 heteroatoms. The van der Waals surface area contributed by atoms with Gasteiger partial charge in [-0.3, -0.25) is 0 Å². The van der Waals surface area contributed by atoms with E-state index >= 15 is 0 Å². The standard InChI is InChI=1S/C15H20BrN/c1-10-2-5-15(14(16)6-10)17-9-13-8-11-3-4-12(13)7-11/h2,5-6,11-13,17H,3-4,7-9H2,1H3. The van der Waals surface area contributed by atoms with Gasteiger partial charge < -0.3 is 5.32 Å². The summed E-state index contributed by atoms with van der Waals surface area (Å²) in [6.45, 7) is 3.29. The van der Waals surface area contributed by atoms with Crippen molar-refractivity contribution in [2.75, 3.05) is 11.9 Å². The van der Waals surface area contributed by atoms with Crippen LogP contribution in [0.2, 0.25) is 0 Å². The quantitative estimate of drug-likeness (QED) is 0.858. The first-order valence-electron chi connectivity index (χ1n) is 6.72. The molecule has 2 saturated carbocycles. The molecule has 1 aromatic carbocycles. The van der Waals surface area contributed by atoms with E-state index in [0.29, 0.717) is 0 Å². The maximum absolute atomic E-state index is 3.64. The highest BCUT2D eigenvalue weighted by Crippen LogP contribution is 2.48. The van der Waals surface area contributed by atoms with Crippen molar-refractivity contribution < 1.29 is 0 Å². The number of halogens is 1. The van der Waals surface area contributed by atoms with Gasteiger partial charge in [0.1, 0.15) is 0 Å². The molecule has 3 rings (SSSR count). The lowest BCUT2D eigenvalue weighted by molar-refractivity contribution is 0.348. The molecule has 0 saturated heterocycles. The van der Waals surface area contributed by atoms with E-state index in [1.807, 2.05) is 0 Å². The Balaban J connectivity index is 1.60. The highest BCUT2D eigenvalue weighted by molar-refractivity contribution is 9.10. The van der Waals surface area contributed by atoms with Crippen LogP contribution >= 0.6 is 15.9 Å². The van der Waals surface area contributed by atoms with Gasteiger partial charge in [0.25, 0.3) is 0 Å². The van der Waals surface area contributed by atoms with Crippen molar-refractivity contribution in [2.24, 2.45) is 17.8 Å². The van der Waals surface area contributed by atoms with Gasteiger partial charge in [0.15, 0.2) is 0 Å². The number of rotatable bonds is 3. The molecule has 0 aromatic heterocycles. The Morgan fingerprint density at radius 1 is 1.29 bits per heavy atom. The van der Waals surface area contributed by atoms with Gasteiger partial charge in [0.05, 0.1) is 0 Å². The Labute approximate surface area is 112 Å².